The molecule has 0 bridgehead atoms. The van der Waals surface area contributed by atoms with Gasteiger partial charge in [0.15, 0.2) is 0 Å². The zero-order valence-corrected chi connectivity index (χ0v) is 16.3. The summed E-state index contributed by atoms with van der Waals surface area (Å²) in [5, 5.41) is 7.70. The first kappa shape index (κ1) is 19.1. The molecule has 2 aromatic carbocycles. The first-order valence-corrected chi connectivity index (χ1v) is 9.15. The summed E-state index contributed by atoms with van der Waals surface area (Å²) in [6.45, 7) is 5.60. The topological polar surface area (TPSA) is 68.0 Å². The molecule has 5 nitrogen and oxygen atoms in total. The van der Waals surface area contributed by atoms with E-state index in [-0.39, 0.29) is 5.91 Å². The molecule has 1 unspecified atom stereocenters. The van der Waals surface area contributed by atoms with Gasteiger partial charge >= 0.3 is 0 Å². The molecule has 3 aromatic rings. The van der Waals surface area contributed by atoms with Crippen LogP contribution in [0.1, 0.15) is 38.3 Å². The van der Waals surface area contributed by atoms with Crippen LogP contribution in [-0.2, 0) is 11.2 Å². The van der Waals surface area contributed by atoms with Gasteiger partial charge in [0.1, 0.15) is 6.04 Å². The molecule has 3 rings (SSSR count). The number of nitrogens with one attached hydrogen (secondary N) is 1. The third kappa shape index (κ3) is 4.95. The van der Waals surface area contributed by atoms with Crippen LogP contribution >= 0.6 is 11.6 Å². The molecule has 0 fully saturated rings. The van der Waals surface area contributed by atoms with Crippen molar-refractivity contribution in [1.29, 1.82) is 0 Å². The molecule has 0 radical (unpaired) electrons. The highest BCUT2D eigenvalue weighted by Gasteiger charge is 2.28. The first-order valence-electron chi connectivity index (χ1n) is 8.77. The number of carbonyl (C=O) groups is 1. The Morgan fingerprint density at radius 2 is 1.89 bits per heavy atom. The summed E-state index contributed by atoms with van der Waals surface area (Å²) in [5.74, 6) is 0.730. The molecule has 0 aliphatic carbocycles. The van der Waals surface area contributed by atoms with E-state index in [1.807, 2.05) is 63.2 Å². The molecule has 1 aromatic heterocycles. The van der Waals surface area contributed by atoms with Crippen molar-refractivity contribution in [3.63, 3.8) is 0 Å². The van der Waals surface area contributed by atoms with Crippen molar-refractivity contribution in [3.05, 3.63) is 71.1 Å². The fourth-order valence-corrected chi connectivity index (χ4v) is 2.74. The second-order valence-corrected chi connectivity index (χ2v) is 7.87. The van der Waals surface area contributed by atoms with E-state index in [1.54, 1.807) is 12.1 Å². The molecule has 0 spiro atoms. The minimum atomic E-state index is -0.523. The van der Waals surface area contributed by atoms with Gasteiger partial charge in [0.2, 0.25) is 17.6 Å². The van der Waals surface area contributed by atoms with Crippen molar-refractivity contribution in [1.82, 2.24) is 15.5 Å². The summed E-state index contributed by atoms with van der Waals surface area (Å²) in [6.07, 6.45) is 0.555. The molecule has 0 aliphatic heterocycles. The van der Waals surface area contributed by atoms with Crippen molar-refractivity contribution < 1.29 is 9.32 Å². The molecule has 1 N–H and O–H groups in total. The average Bonchev–Trinajstić information content (AvgIpc) is 3.11. The standard InChI is InChI=1S/C21H22ClN3O2/c1-21(2,3)20(26)23-17(12-14-8-5-4-6-9-14)19-24-18(25-27-19)15-10-7-11-16(22)13-15/h4-11,13,17H,12H2,1-3H3,(H,23,26). The monoisotopic (exact) mass is 383 g/mol. The van der Waals surface area contributed by atoms with Crippen LogP contribution in [0.25, 0.3) is 11.4 Å². The van der Waals surface area contributed by atoms with Crippen LogP contribution in [0.15, 0.2) is 59.1 Å². The first-order chi connectivity index (χ1) is 12.8. The van der Waals surface area contributed by atoms with Gasteiger partial charge in [-0.2, -0.15) is 4.98 Å². The molecule has 0 saturated carbocycles. The quantitative estimate of drug-likeness (QED) is 0.684. The van der Waals surface area contributed by atoms with E-state index in [0.717, 1.165) is 11.1 Å². The van der Waals surface area contributed by atoms with E-state index in [9.17, 15) is 4.79 Å². The molecular formula is C21H22ClN3O2. The SMILES string of the molecule is CC(C)(C)C(=O)NC(Cc1ccccc1)c1nc(-c2cccc(Cl)c2)no1. The number of hydrogen-bond acceptors (Lipinski definition) is 4. The minimum absolute atomic E-state index is 0.0778. The Balaban J connectivity index is 1.89. The highest BCUT2D eigenvalue weighted by atomic mass is 35.5. The summed E-state index contributed by atoms with van der Waals surface area (Å²) < 4.78 is 5.49. The fourth-order valence-electron chi connectivity index (χ4n) is 2.55. The van der Waals surface area contributed by atoms with E-state index < -0.39 is 11.5 Å². The van der Waals surface area contributed by atoms with Gasteiger partial charge in [-0.1, -0.05) is 80.0 Å². The zero-order valence-electron chi connectivity index (χ0n) is 15.6. The number of halogens is 1. The van der Waals surface area contributed by atoms with E-state index in [0.29, 0.717) is 23.2 Å². The fraction of sp³-hybridized carbons (Fsp3) is 0.286. The van der Waals surface area contributed by atoms with Crippen LogP contribution in [0, 0.1) is 5.41 Å². The molecule has 27 heavy (non-hydrogen) atoms. The normalized spacial score (nSPS) is 12.6. The van der Waals surface area contributed by atoms with Gasteiger partial charge in [0.25, 0.3) is 0 Å². The van der Waals surface area contributed by atoms with E-state index in [2.05, 4.69) is 15.5 Å². The lowest BCUT2D eigenvalue weighted by Gasteiger charge is -2.22. The van der Waals surface area contributed by atoms with Gasteiger partial charge in [-0.15, -0.1) is 0 Å². The van der Waals surface area contributed by atoms with Gasteiger partial charge in [-0.25, -0.2) is 0 Å². The Morgan fingerprint density at radius 3 is 2.56 bits per heavy atom. The Morgan fingerprint density at radius 1 is 1.15 bits per heavy atom. The number of hydrogen-bond donors (Lipinski definition) is 1. The Labute approximate surface area is 163 Å². The molecule has 1 atom stereocenters. The largest absolute Gasteiger partial charge is 0.344 e. The number of aromatic nitrogens is 2. The van der Waals surface area contributed by atoms with Crippen LogP contribution in [0.3, 0.4) is 0 Å². The zero-order chi connectivity index (χ0) is 19.4. The van der Waals surface area contributed by atoms with Crippen LogP contribution in [0.5, 0.6) is 0 Å². The highest BCUT2D eigenvalue weighted by molar-refractivity contribution is 6.30. The van der Waals surface area contributed by atoms with Crippen molar-refractivity contribution in [2.45, 2.75) is 33.2 Å². The Bertz CT molecular complexity index is 916. The average molecular weight is 384 g/mol. The van der Waals surface area contributed by atoms with Gasteiger partial charge in [0, 0.05) is 22.4 Å². The lowest BCUT2D eigenvalue weighted by molar-refractivity contribution is -0.129. The van der Waals surface area contributed by atoms with E-state index >= 15 is 0 Å². The van der Waals surface area contributed by atoms with Crippen LogP contribution < -0.4 is 5.32 Å². The number of nitrogens with zero attached hydrogens (tertiary/aromatic N) is 2. The lowest BCUT2D eigenvalue weighted by atomic mass is 9.94. The summed E-state index contributed by atoms with van der Waals surface area (Å²) in [7, 11) is 0. The molecular weight excluding hydrogens is 362 g/mol. The predicted octanol–water partition coefficient (Wildman–Crippen LogP) is 4.84. The van der Waals surface area contributed by atoms with Crippen LogP contribution in [0.4, 0.5) is 0 Å². The molecule has 140 valence electrons. The maximum absolute atomic E-state index is 12.5. The number of carbonyl (C=O) groups excluding carboxylic acids is 1. The van der Waals surface area contributed by atoms with Crippen LogP contribution in [-0.4, -0.2) is 16.0 Å². The maximum Gasteiger partial charge on any atom is 0.249 e. The second-order valence-electron chi connectivity index (χ2n) is 7.43. The molecule has 0 aliphatic rings. The summed E-state index contributed by atoms with van der Waals surface area (Å²) in [4.78, 5) is 17.0. The predicted molar refractivity (Wildman–Crippen MR) is 105 cm³/mol. The van der Waals surface area contributed by atoms with Crippen molar-refractivity contribution in [3.8, 4) is 11.4 Å². The van der Waals surface area contributed by atoms with Gasteiger partial charge in [-0.3, -0.25) is 4.79 Å². The van der Waals surface area contributed by atoms with Gasteiger partial charge < -0.3 is 9.84 Å². The molecule has 1 amide bonds. The van der Waals surface area contributed by atoms with Crippen LogP contribution in [0.2, 0.25) is 5.02 Å². The second kappa shape index (κ2) is 7.92. The molecule has 1 heterocycles. The summed E-state index contributed by atoms with van der Waals surface area (Å²) in [6, 6.07) is 16.7. The maximum atomic E-state index is 12.5. The lowest BCUT2D eigenvalue weighted by Crippen LogP contribution is -2.38. The number of rotatable bonds is 5. The van der Waals surface area contributed by atoms with Crippen molar-refractivity contribution in [2.75, 3.05) is 0 Å². The number of benzene rings is 2. The highest BCUT2D eigenvalue weighted by Crippen LogP contribution is 2.25. The van der Waals surface area contributed by atoms with Crippen molar-refractivity contribution >= 4 is 17.5 Å². The summed E-state index contributed by atoms with van der Waals surface area (Å²) >= 11 is 6.05. The Kier molecular flexibility index (Phi) is 5.61. The third-order valence-electron chi connectivity index (χ3n) is 4.09. The minimum Gasteiger partial charge on any atom is -0.344 e. The number of amides is 1. The van der Waals surface area contributed by atoms with E-state index in [4.69, 9.17) is 16.1 Å². The molecule has 6 heteroatoms. The van der Waals surface area contributed by atoms with Gasteiger partial charge in [0.05, 0.1) is 0 Å². The smallest absolute Gasteiger partial charge is 0.249 e. The molecule has 0 saturated heterocycles. The third-order valence-corrected chi connectivity index (χ3v) is 4.33. The van der Waals surface area contributed by atoms with Crippen molar-refractivity contribution in [2.24, 2.45) is 5.41 Å². The van der Waals surface area contributed by atoms with E-state index in [1.165, 1.54) is 0 Å². The summed E-state index contributed by atoms with van der Waals surface area (Å²) in [5.41, 5.74) is 1.31. The Hall–Kier alpha value is -2.66. The van der Waals surface area contributed by atoms with Gasteiger partial charge in [-0.05, 0) is 17.7 Å².